The third-order valence-corrected chi connectivity index (χ3v) is 6.21. The van der Waals surface area contributed by atoms with Crippen LogP contribution in [-0.4, -0.2) is 40.5 Å². The zero-order chi connectivity index (χ0) is 18.9. The molecule has 3 rings (SSSR count). The first kappa shape index (κ1) is 18.7. The number of rotatable bonds is 6. The average molecular weight is 377 g/mol. The topological polar surface area (TPSA) is 43.9 Å². The number of halogens is 1. The predicted octanol–water partition coefficient (Wildman–Crippen LogP) is 3.68. The van der Waals surface area contributed by atoms with Crippen LogP contribution in [0.15, 0.2) is 42.5 Å². The van der Waals surface area contributed by atoms with Gasteiger partial charge in [-0.05, 0) is 70.2 Å². The fourth-order valence-electron chi connectivity index (χ4n) is 3.14. The maximum atomic E-state index is 14.5. The van der Waals surface area contributed by atoms with Gasteiger partial charge in [0.05, 0.1) is 17.1 Å². The van der Waals surface area contributed by atoms with Gasteiger partial charge in [-0.15, -0.1) is 0 Å². The van der Waals surface area contributed by atoms with Crippen molar-refractivity contribution in [1.82, 2.24) is 4.90 Å². The molecule has 0 amide bonds. The monoisotopic (exact) mass is 377 g/mol. The highest BCUT2D eigenvalue weighted by molar-refractivity contribution is 7.95. The summed E-state index contributed by atoms with van der Waals surface area (Å²) < 4.78 is 43.4. The summed E-state index contributed by atoms with van der Waals surface area (Å²) >= 11 is 0. The largest absolute Gasteiger partial charge is 0.331 e. The molecule has 0 N–H and O–H groups in total. The molecule has 1 aliphatic heterocycles. The lowest BCUT2D eigenvalue weighted by Crippen LogP contribution is -2.36. The minimum absolute atomic E-state index is 0.0545. The van der Waals surface area contributed by atoms with Crippen LogP contribution in [-0.2, 0) is 10.2 Å². The Hall–Kier alpha value is -2.12. The van der Waals surface area contributed by atoms with Crippen molar-refractivity contribution in [3.8, 4) is 0 Å². The number of benzene rings is 2. The van der Waals surface area contributed by atoms with Crippen LogP contribution in [0.1, 0.15) is 18.4 Å². The molecule has 5 nitrogen and oxygen atoms in total. The van der Waals surface area contributed by atoms with Crippen molar-refractivity contribution in [2.45, 2.75) is 19.8 Å². The molecule has 140 valence electrons. The normalized spacial score (nSPS) is 15.6. The van der Waals surface area contributed by atoms with Crippen molar-refractivity contribution in [1.29, 1.82) is 0 Å². The third kappa shape index (κ3) is 3.41. The molecule has 1 aliphatic rings. The van der Waals surface area contributed by atoms with Crippen LogP contribution in [0.5, 0.6) is 0 Å². The van der Waals surface area contributed by atoms with Gasteiger partial charge in [-0.3, -0.25) is 4.31 Å². The highest BCUT2D eigenvalue weighted by Crippen LogP contribution is 2.45. The molecule has 0 atom stereocenters. The Kier molecular flexibility index (Phi) is 5.20. The van der Waals surface area contributed by atoms with Gasteiger partial charge in [0, 0.05) is 6.54 Å². The van der Waals surface area contributed by atoms with E-state index in [0.717, 1.165) is 29.3 Å². The Labute approximate surface area is 154 Å². The number of fused-ring (bicyclic) bond motifs is 1. The lowest BCUT2D eigenvalue weighted by Gasteiger charge is -2.22. The van der Waals surface area contributed by atoms with Crippen molar-refractivity contribution >= 4 is 27.3 Å². The van der Waals surface area contributed by atoms with E-state index >= 15 is 0 Å². The summed E-state index contributed by atoms with van der Waals surface area (Å²) in [5.74, 6) is -0.544. The van der Waals surface area contributed by atoms with E-state index in [9.17, 15) is 12.8 Å². The van der Waals surface area contributed by atoms with Crippen molar-refractivity contribution in [3.05, 3.63) is 53.8 Å². The van der Waals surface area contributed by atoms with Gasteiger partial charge in [-0.2, -0.15) is 8.42 Å². The molecule has 1 heterocycles. The van der Waals surface area contributed by atoms with E-state index in [1.807, 2.05) is 14.1 Å². The number of aryl methyl sites for hydroxylation is 1. The zero-order valence-electron chi connectivity index (χ0n) is 15.3. The number of anilines is 3. The molecule has 0 radical (unpaired) electrons. The summed E-state index contributed by atoms with van der Waals surface area (Å²) in [5.41, 5.74) is 1.88. The second kappa shape index (κ2) is 7.25. The SMILES string of the molecule is Cc1ccc(N2c3ccccc3N(CCCCN(C)C)S2(=O)=O)c(F)c1. The number of para-hydroxylation sites is 2. The Balaban J connectivity index is 1.97. The molecule has 7 heteroatoms. The Morgan fingerprint density at radius 1 is 1.00 bits per heavy atom. The Morgan fingerprint density at radius 3 is 2.35 bits per heavy atom. The average Bonchev–Trinajstić information content (AvgIpc) is 2.79. The first-order valence-electron chi connectivity index (χ1n) is 8.65. The van der Waals surface area contributed by atoms with E-state index in [1.165, 1.54) is 16.4 Å². The van der Waals surface area contributed by atoms with Crippen LogP contribution in [0.2, 0.25) is 0 Å². The maximum Gasteiger partial charge on any atom is 0.331 e. The van der Waals surface area contributed by atoms with Crippen molar-refractivity contribution in [2.75, 3.05) is 35.8 Å². The summed E-state index contributed by atoms with van der Waals surface area (Å²) in [7, 11) is 0.117. The third-order valence-electron chi connectivity index (χ3n) is 4.42. The van der Waals surface area contributed by atoms with Crippen LogP contribution in [0.3, 0.4) is 0 Å². The van der Waals surface area contributed by atoms with E-state index in [2.05, 4.69) is 4.90 Å². The lowest BCUT2D eigenvalue weighted by molar-refractivity contribution is 0.396. The van der Waals surface area contributed by atoms with Gasteiger partial charge in [-0.1, -0.05) is 18.2 Å². The van der Waals surface area contributed by atoms with Gasteiger partial charge in [0.25, 0.3) is 0 Å². The minimum Gasteiger partial charge on any atom is -0.309 e. The first-order chi connectivity index (χ1) is 12.3. The quantitative estimate of drug-likeness (QED) is 0.722. The molecule has 0 fully saturated rings. The molecular formula is C19H24FN3O2S. The van der Waals surface area contributed by atoms with E-state index < -0.39 is 16.0 Å². The highest BCUT2D eigenvalue weighted by atomic mass is 32.2. The van der Waals surface area contributed by atoms with Crippen LogP contribution in [0.4, 0.5) is 21.5 Å². The number of nitrogens with zero attached hydrogens (tertiary/aromatic N) is 3. The second-order valence-electron chi connectivity index (χ2n) is 6.80. The Bertz CT molecular complexity index is 899. The highest BCUT2D eigenvalue weighted by Gasteiger charge is 2.41. The first-order valence-corrected chi connectivity index (χ1v) is 10.0. The summed E-state index contributed by atoms with van der Waals surface area (Å²) in [4.78, 5) is 2.07. The zero-order valence-corrected chi connectivity index (χ0v) is 16.1. The molecule has 2 aromatic carbocycles. The van der Waals surface area contributed by atoms with E-state index in [4.69, 9.17) is 0 Å². The van der Waals surface area contributed by atoms with Crippen molar-refractivity contribution in [2.24, 2.45) is 0 Å². The molecular weight excluding hydrogens is 353 g/mol. The molecule has 26 heavy (non-hydrogen) atoms. The summed E-state index contributed by atoms with van der Waals surface area (Å²) in [6, 6.07) is 11.6. The van der Waals surface area contributed by atoms with E-state index in [0.29, 0.717) is 17.9 Å². The molecule has 0 saturated carbocycles. The summed E-state index contributed by atoms with van der Waals surface area (Å²) in [6.45, 7) is 3.04. The summed E-state index contributed by atoms with van der Waals surface area (Å²) in [6.07, 6.45) is 1.62. The molecule has 0 spiro atoms. The van der Waals surface area contributed by atoms with Crippen LogP contribution in [0, 0.1) is 12.7 Å². The van der Waals surface area contributed by atoms with Crippen LogP contribution >= 0.6 is 0 Å². The van der Waals surface area contributed by atoms with Gasteiger partial charge in [0.1, 0.15) is 5.82 Å². The molecule has 0 bridgehead atoms. The standard InChI is InChI=1S/C19H24FN3O2S/c1-15-10-11-17(16(20)14-15)23-19-9-5-4-8-18(19)22(26(23,24)25)13-7-6-12-21(2)3/h4-5,8-11,14H,6-7,12-13H2,1-3H3. The molecule has 0 aromatic heterocycles. The second-order valence-corrected chi connectivity index (χ2v) is 8.50. The van der Waals surface area contributed by atoms with Gasteiger partial charge in [0.15, 0.2) is 0 Å². The van der Waals surface area contributed by atoms with Gasteiger partial charge < -0.3 is 4.90 Å². The molecule has 0 unspecified atom stereocenters. The van der Waals surface area contributed by atoms with Crippen molar-refractivity contribution < 1.29 is 12.8 Å². The maximum absolute atomic E-state index is 14.5. The number of unbranched alkanes of at least 4 members (excludes halogenated alkanes) is 1. The van der Waals surface area contributed by atoms with E-state index in [-0.39, 0.29) is 5.69 Å². The molecule has 0 saturated heterocycles. The van der Waals surface area contributed by atoms with Gasteiger partial charge in [0.2, 0.25) is 0 Å². The van der Waals surface area contributed by atoms with Crippen molar-refractivity contribution in [3.63, 3.8) is 0 Å². The number of hydrogen-bond donors (Lipinski definition) is 0. The summed E-state index contributed by atoms with van der Waals surface area (Å²) in [5, 5.41) is 0. The van der Waals surface area contributed by atoms with Crippen LogP contribution in [0.25, 0.3) is 0 Å². The minimum atomic E-state index is -3.86. The fraction of sp³-hybridized carbons (Fsp3) is 0.368. The fourth-order valence-corrected chi connectivity index (χ4v) is 4.90. The van der Waals surface area contributed by atoms with Gasteiger partial charge in [-0.25, -0.2) is 8.70 Å². The smallest absolute Gasteiger partial charge is 0.309 e. The predicted molar refractivity (Wildman–Crippen MR) is 104 cm³/mol. The molecule has 0 aliphatic carbocycles. The lowest BCUT2D eigenvalue weighted by atomic mass is 10.2. The number of hydrogen-bond acceptors (Lipinski definition) is 3. The molecule has 2 aromatic rings. The Morgan fingerprint density at radius 2 is 1.69 bits per heavy atom. The van der Waals surface area contributed by atoms with E-state index in [1.54, 1.807) is 37.3 Å². The van der Waals surface area contributed by atoms with Crippen LogP contribution < -0.4 is 8.61 Å². The van der Waals surface area contributed by atoms with Gasteiger partial charge >= 0.3 is 10.2 Å².